The van der Waals surface area contributed by atoms with Crippen LogP contribution in [0.5, 0.6) is 5.75 Å². The number of carbonyl (C=O) groups is 4. The van der Waals surface area contributed by atoms with Crippen LogP contribution in [-0.4, -0.2) is 46.6 Å². The molecule has 11 nitrogen and oxygen atoms in total. The van der Waals surface area contributed by atoms with Gasteiger partial charge < -0.3 is 25.2 Å². The number of aliphatic carboxylic acids is 1. The molecule has 1 heterocycles. The highest BCUT2D eigenvalue weighted by molar-refractivity contribution is 6.30. The second-order valence-corrected chi connectivity index (χ2v) is 9.17. The Hall–Kier alpha value is -4.71. The molecule has 3 N–H and O–H groups in total. The van der Waals surface area contributed by atoms with Crippen molar-refractivity contribution in [3.63, 3.8) is 0 Å². The smallest absolute Gasteiger partial charge is 0.341 e. The first-order valence-electron chi connectivity index (χ1n) is 12.0. The van der Waals surface area contributed by atoms with Crippen LogP contribution in [0.1, 0.15) is 6.92 Å². The zero-order valence-corrected chi connectivity index (χ0v) is 21.7. The molecule has 2 amide bonds. The standard InChI is InChI=1S/C27H23ClFN3O8/c1-2-39-27(38)24-22(25(36)30-15-5-3-14(28)4-6-15)23(24)26(37)31-19-8-7-16(11-18(19)29)32-10-9-17(12-20(32)33)40-13-21(34)35/h3-12,22-24H,2,13H2,1H3,(H,30,36)(H,31,37)(H,34,35)/t22-,23+,24+/m1/s1. The van der Waals surface area contributed by atoms with E-state index in [1.165, 1.54) is 24.4 Å². The minimum atomic E-state index is -1.21. The number of nitrogens with one attached hydrogen (secondary N) is 2. The monoisotopic (exact) mass is 571 g/mol. The zero-order valence-electron chi connectivity index (χ0n) is 20.9. The quantitative estimate of drug-likeness (QED) is 0.314. The molecular formula is C27H23ClFN3O8. The lowest BCUT2D eigenvalue weighted by Gasteiger charge is -2.11. The van der Waals surface area contributed by atoms with Crippen LogP contribution in [0.15, 0.2) is 65.6 Å². The fraction of sp³-hybridized carbons (Fsp3) is 0.222. The number of nitrogens with zero attached hydrogens (tertiary/aromatic N) is 1. The van der Waals surface area contributed by atoms with E-state index in [1.807, 2.05) is 0 Å². The molecule has 1 aromatic heterocycles. The lowest BCUT2D eigenvalue weighted by atomic mass is 10.2. The minimum absolute atomic E-state index is 0.0308. The molecule has 2 aromatic carbocycles. The van der Waals surface area contributed by atoms with Gasteiger partial charge in [0.05, 0.1) is 35.7 Å². The second-order valence-electron chi connectivity index (χ2n) is 8.73. The van der Waals surface area contributed by atoms with Gasteiger partial charge in [0.25, 0.3) is 5.56 Å². The van der Waals surface area contributed by atoms with Crippen LogP contribution < -0.4 is 20.9 Å². The number of carbonyl (C=O) groups excluding carboxylic acids is 3. The molecule has 40 heavy (non-hydrogen) atoms. The molecule has 0 aliphatic heterocycles. The first-order valence-corrected chi connectivity index (χ1v) is 12.4. The molecule has 4 rings (SSSR count). The van der Waals surface area contributed by atoms with Gasteiger partial charge in [0, 0.05) is 29.0 Å². The number of ether oxygens (including phenoxy) is 2. The molecule has 3 atom stereocenters. The van der Waals surface area contributed by atoms with Crippen LogP contribution in [-0.2, 0) is 23.9 Å². The molecule has 13 heteroatoms. The van der Waals surface area contributed by atoms with Crippen molar-refractivity contribution in [2.24, 2.45) is 17.8 Å². The van der Waals surface area contributed by atoms with Gasteiger partial charge in [-0.3, -0.25) is 23.7 Å². The van der Waals surface area contributed by atoms with E-state index in [9.17, 15) is 28.4 Å². The predicted octanol–water partition coefficient (Wildman–Crippen LogP) is 3.10. The molecule has 0 spiro atoms. The van der Waals surface area contributed by atoms with Crippen LogP contribution in [0.2, 0.25) is 5.02 Å². The van der Waals surface area contributed by atoms with Crippen molar-refractivity contribution in [2.45, 2.75) is 6.92 Å². The van der Waals surface area contributed by atoms with Gasteiger partial charge in [-0.2, -0.15) is 0 Å². The molecule has 0 bridgehead atoms. The minimum Gasteiger partial charge on any atom is -0.482 e. The third kappa shape index (κ3) is 6.46. The van der Waals surface area contributed by atoms with Crippen molar-refractivity contribution in [2.75, 3.05) is 23.8 Å². The predicted molar refractivity (Wildman–Crippen MR) is 141 cm³/mol. The Morgan fingerprint density at radius 2 is 1.65 bits per heavy atom. The Bertz CT molecular complexity index is 1520. The fourth-order valence-electron chi connectivity index (χ4n) is 4.13. The van der Waals surface area contributed by atoms with Crippen molar-refractivity contribution < 1.29 is 38.1 Å². The van der Waals surface area contributed by atoms with Gasteiger partial charge in [-0.25, -0.2) is 9.18 Å². The lowest BCUT2D eigenvalue weighted by Crippen LogP contribution is -2.21. The van der Waals surface area contributed by atoms with Crippen LogP contribution in [0.4, 0.5) is 15.8 Å². The summed E-state index contributed by atoms with van der Waals surface area (Å²) >= 11 is 5.86. The molecule has 1 saturated carbocycles. The molecule has 1 aliphatic rings. The highest BCUT2D eigenvalue weighted by Crippen LogP contribution is 2.48. The maximum Gasteiger partial charge on any atom is 0.341 e. The van der Waals surface area contributed by atoms with Crippen LogP contribution in [0.3, 0.4) is 0 Å². The van der Waals surface area contributed by atoms with Crippen molar-refractivity contribution in [3.05, 3.63) is 82.0 Å². The number of benzene rings is 2. The first kappa shape index (κ1) is 28.3. The molecule has 0 radical (unpaired) electrons. The van der Waals surface area contributed by atoms with E-state index in [4.69, 9.17) is 26.2 Å². The van der Waals surface area contributed by atoms with Crippen LogP contribution in [0, 0.1) is 23.6 Å². The third-order valence-electron chi connectivity index (χ3n) is 6.04. The summed E-state index contributed by atoms with van der Waals surface area (Å²) in [4.78, 5) is 61.4. The van der Waals surface area contributed by atoms with Gasteiger partial charge in [-0.15, -0.1) is 0 Å². The van der Waals surface area contributed by atoms with E-state index < -0.39 is 59.5 Å². The average molecular weight is 572 g/mol. The van der Waals surface area contributed by atoms with E-state index in [1.54, 1.807) is 31.2 Å². The summed E-state index contributed by atoms with van der Waals surface area (Å²) in [6.45, 7) is 1.02. The van der Waals surface area contributed by atoms with Crippen molar-refractivity contribution >= 4 is 46.7 Å². The number of pyridine rings is 1. The van der Waals surface area contributed by atoms with Crippen LogP contribution >= 0.6 is 11.6 Å². The molecule has 0 saturated heterocycles. The Morgan fingerprint density at radius 1 is 0.975 bits per heavy atom. The number of halogens is 2. The van der Waals surface area contributed by atoms with Crippen molar-refractivity contribution in [1.82, 2.24) is 4.57 Å². The molecule has 208 valence electrons. The van der Waals surface area contributed by atoms with Crippen LogP contribution in [0.25, 0.3) is 5.69 Å². The van der Waals surface area contributed by atoms with Gasteiger partial charge >= 0.3 is 11.9 Å². The summed E-state index contributed by atoms with van der Waals surface area (Å²) in [5.74, 6) is -7.27. The van der Waals surface area contributed by atoms with Gasteiger partial charge in [-0.05, 0) is 49.4 Å². The number of carboxylic acids is 1. The highest BCUT2D eigenvalue weighted by atomic mass is 35.5. The van der Waals surface area contributed by atoms with E-state index in [0.717, 1.165) is 16.7 Å². The molecule has 1 aliphatic carbocycles. The Morgan fingerprint density at radius 3 is 2.25 bits per heavy atom. The number of rotatable bonds is 10. The number of aromatic nitrogens is 1. The Labute approximate surface area is 231 Å². The number of esters is 1. The van der Waals surface area contributed by atoms with E-state index >= 15 is 0 Å². The third-order valence-corrected chi connectivity index (χ3v) is 6.29. The molecule has 3 aromatic rings. The number of hydrogen-bond donors (Lipinski definition) is 3. The van der Waals surface area contributed by atoms with Crippen molar-refractivity contribution in [1.29, 1.82) is 0 Å². The number of carboxylic acid groups (broad SMARTS) is 1. The largest absolute Gasteiger partial charge is 0.482 e. The lowest BCUT2D eigenvalue weighted by molar-refractivity contribution is -0.146. The highest BCUT2D eigenvalue weighted by Gasteiger charge is 2.63. The first-order chi connectivity index (χ1) is 19.1. The fourth-order valence-corrected chi connectivity index (χ4v) is 4.26. The summed E-state index contributed by atoms with van der Waals surface area (Å²) in [7, 11) is 0. The topological polar surface area (TPSA) is 153 Å². The SMILES string of the molecule is CCOC(=O)[C@H]1[C@H](C(=O)Nc2ccc(Cl)cc2)[C@@H]1C(=O)Nc1ccc(-n2ccc(OCC(=O)O)cc2=O)cc1F. The van der Waals surface area contributed by atoms with E-state index in [2.05, 4.69) is 10.6 Å². The molecular weight excluding hydrogens is 549 g/mol. The zero-order chi connectivity index (χ0) is 29.0. The normalized spacial score (nSPS) is 17.4. The van der Waals surface area contributed by atoms with Gasteiger partial charge in [-0.1, -0.05) is 11.6 Å². The summed E-state index contributed by atoms with van der Waals surface area (Å²) < 4.78 is 26.0. The summed E-state index contributed by atoms with van der Waals surface area (Å²) in [6.07, 6.45) is 1.28. The van der Waals surface area contributed by atoms with Crippen molar-refractivity contribution in [3.8, 4) is 11.4 Å². The summed E-state index contributed by atoms with van der Waals surface area (Å²) in [5.41, 5.74) is -0.291. The number of anilines is 2. The second kappa shape index (κ2) is 12.0. The van der Waals surface area contributed by atoms with Gasteiger partial charge in [0.1, 0.15) is 11.6 Å². The van der Waals surface area contributed by atoms with E-state index in [0.29, 0.717) is 10.7 Å². The molecule has 0 unspecified atom stereocenters. The van der Waals surface area contributed by atoms with E-state index in [-0.39, 0.29) is 23.7 Å². The number of hydrogen-bond acceptors (Lipinski definition) is 7. The summed E-state index contributed by atoms with van der Waals surface area (Å²) in [5, 5.41) is 14.2. The number of amides is 2. The average Bonchev–Trinajstić information content (AvgIpc) is 3.67. The van der Waals surface area contributed by atoms with Gasteiger partial charge in [0.15, 0.2) is 6.61 Å². The molecule has 1 fully saturated rings. The Kier molecular flexibility index (Phi) is 8.49. The Balaban J connectivity index is 1.48. The maximum atomic E-state index is 15.0. The maximum absolute atomic E-state index is 15.0. The van der Waals surface area contributed by atoms with Gasteiger partial charge in [0.2, 0.25) is 11.8 Å². The summed E-state index contributed by atoms with van der Waals surface area (Å²) in [6, 6.07) is 12.3.